The molecule has 0 aromatic rings. The van der Waals surface area contributed by atoms with Crippen LogP contribution in [0.15, 0.2) is 12.2 Å². The predicted octanol–water partition coefficient (Wildman–Crippen LogP) is 1.75. The van der Waals surface area contributed by atoms with Crippen molar-refractivity contribution < 1.29 is 9.90 Å². The predicted molar refractivity (Wildman–Crippen MR) is 56.2 cm³/mol. The highest BCUT2D eigenvalue weighted by Crippen LogP contribution is 2.29. The smallest absolute Gasteiger partial charge is 0.332 e. The summed E-state index contributed by atoms with van der Waals surface area (Å²) in [4.78, 5) is 12.8. The largest absolute Gasteiger partial charge is 0.478 e. The summed E-state index contributed by atoms with van der Waals surface area (Å²) < 4.78 is 0. The number of aliphatic carboxylic acids is 1. The summed E-state index contributed by atoms with van der Waals surface area (Å²) >= 11 is 0. The van der Waals surface area contributed by atoms with Gasteiger partial charge in [-0.05, 0) is 31.7 Å². The molecular formula is C11H19NO2. The summed E-state index contributed by atoms with van der Waals surface area (Å²) in [5, 5.41) is 8.72. The molecule has 0 saturated heterocycles. The molecule has 1 fully saturated rings. The molecule has 0 aliphatic heterocycles. The van der Waals surface area contributed by atoms with Crippen molar-refractivity contribution in [3.05, 3.63) is 12.2 Å². The molecule has 0 amide bonds. The van der Waals surface area contributed by atoms with E-state index >= 15 is 0 Å². The Bertz CT molecular complexity index is 221. The second-order valence-electron chi connectivity index (χ2n) is 4.09. The lowest BCUT2D eigenvalue weighted by molar-refractivity contribution is -0.132. The second-order valence-corrected chi connectivity index (χ2v) is 4.09. The van der Waals surface area contributed by atoms with Crippen molar-refractivity contribution >= 4 is 5.97 Å². The molecule has 0 unspecified atom stereocenters. The average molecular weight is 197 g/mol. The number of nitrogens with zero attached hydrogens (tertiary/aromatic N) is 1. The zero-order valence-electron chi connectivity index (χ0n) is 8.83. The van der Waals surface area contributed by atoms with Gasteiger partial charge in [0.15, 0.2) is 0 Å². The zero-order chi connectivity index (χ0) is 10.6. The van der Waals surface area contributed by atoms with E-state index in [4.69, 9.17) is 5.11 Å². The summed E-state index contributed by atoms with van der Waals surface area (Å²) in [6.45, 7) is 8.21. The summed E-state index contributed by atoms with van der Waals surface area (Å²) in [7, 11) is 0. The molecule has 0 atom stereocenters. The molecule has 0 bridgehead atoms. The molecule has 1 rings (SSSR count). The zero-order valence-corrected chi connectivity index (χ0v) is 8.83. The summed E-state index contributed by atoms with van der Waals surface area (Å²) in [5.74, 6) is -0.0648. The van der Waals surface area contributed by atoms with Gasteiger partial charge in [0.25, 0.3) is 0 Å². The first-order valence-electron chi connectivity index (χ1n) is 5.27. The van der Waals surface area contributed by atoms with Crippen LogP contribution in [0.5, 0.6) is 0 Å². The van der Waals surface area contributed by atoms with Gasteiger partial charge in [0.2, 0.25) is 0 Å². The van der Waals surface area contributed by atoms with Crippen LogP contribution in [0.3, 0.4) is 0 Å². The Hall–Kier alpha value is -0.830. The SMILES string of the molecule is C=C(CN(CCC)CC1CC1)C(=O)O. The van der Waals surface area contributed by atoms with Crippen molar-refractivity contribution in [2.45, 2.75) is 26.2 Å². The third-order valence-corrected chi connectivity index (χ3v) is 2.47. The average Bonchev–Trinajstić information content (AvgIpc) is 2.88. The van der Waals surface area contributed by atoms with Gasteiger partial charge in [-0.2, -0.15) is 0 Å². The van der Waals surface area contributed by atoms with Gasteiger partial charge < -0.3 is 5.11 Å². The first kappa shape index (κ1) is 11.2. The van der Waals surface area contributed by atoms with Gasteiger partial charge in [-0.25, -0.2) is 4.79 Å². The summed E-state index contributed by atoms with van der Waals surface area (Å²) in [5.41, 5.74) is 0.305. The topological polar surface area (TPSA) is 40.5 Å². The van der Waals surface area contributed by atoms with Crippen molar-refractivity contribution in [2.24, 2.45) is 5.92 Å². The third-order valence-electron chi connectivity index (χ3n) is 2.47. The molecule has 1 aliphatic rings. The number of hydrogen-bond acceptors (Lipinski definition) is 2. The molecule has 0 radical (unpaired) electrons. The number of carboxylic acids is 1. The summed E-state index contributed by atoms with van der Waals surface area (Å²) in [6.07, 6.45) is 3.68. The molecule has 1 N–H and O–H groups in total. The Morgan fingerprint density at radius 2 is 2.21 bits per heavy atom. The Morgan fingerprint density at radius 3 is 2.64 bits per heavy atom. The van der Waals surface area contributed by atoms with Crippen LogP contribution in [0.25, 0.3) is 0 Å². The highest BCUT2D eigenvalue weighted by Gasteiger charge is 2.24. The molecule has 3 heteroatoms. The minimum atomic E-state index is -0.873. The van der Waals surface area contributed by atoms with Gasteiger partial charge in [0, 0.05) is 18.7 Å². The standard InChI is InChI=1S/C11H19NO2/c1-3-6-12(8-10-4-5-10)7-9(2)11(13)14/h10H,2-8H2,1H3,(H,13,14). The minimum Gasteiger partial charge on any atom is -0.478 e. The van der Waals surface area contributed by atoms with Crippen LogP contribution < -0.4 is 0 Å². The summed E-state index contributed by atoms with van der Waals surface area (Å²) in [6, 6.07) is 0. The number of rotatable bonds is 7. The minimum absolute atomic E-state index is 0.305. The fraction of sp³-hybridized carbons (Fsp3) is 0.727. The highest BCUT2D eigenvalue weighted by atomic mass is 16.4. The molecule has 0 heterocycles. The molecule has 14 heavy (non-hydrogen) atoms. The van der Waals surface area contributed by atoms with Gasteiger partial charge >= 0.3 is 5.97 Å². The van der Waals surface area contributed by atoms with Crippen molar-refractivity contribution in [3.8, 4) is 0 Å². The van der Waals surface area contributed by atoms with E-state index < -0.39 is 5.97 Å². The molecule has 0 spiro atoms. The fourth-order valence-corrected chi connectivity index (χ4v) is 1.55. The Labute approximate surface area is 85.4 Å². The number of carboxylic acid groups (broad SMARTS) is 1. The van der Waals surface area contributed by atoms with Crippen LogP contribution in [-0.4, -0.2) is 35.6 Å². The van der Waals surface area contributed by atoms with E-state index in [1.807, 2.05) is 0 Å². The maximum absolute atomic E-state index is 10.6. The van der Waals surface area contributed by atoms with Crippen molar-refractivity contribution in [2.75, 3.05) is 19.6 Å². The van der Waals surface area contributed by atoms with Gasteiger partial charge in [-0.1, -0.05) is 13.5 Å². The van der Waals surface area contributed by atoms with Gasteiger partial charge in [0.1, 0.15) is 0 Å². The van der Waals surface area contributed by atoms with E-state index in [1.165, 1.54) is 12.8 Å². The molecule has 0 aromatic carbocycles. The van der Waals surface area contributed by atoms with Gasteiger partial charge in [0.05, 0.1) is 0 Å². The van der Waals surface area contributed by atoms with E-state index in [0.717, 1.165) is 25.4 Å². The molecule has 0 aromatic heterocycles. The van der Waals surface area contributed by atoms with Crippen molar-refractivity contribution in [3.63, 3.8) is 0 Å². The van der Waals surface area contributed by atoms with Gasteiger partial charge in [-0.15, -0.1) is 0 Å². The Balaban J connectivity index is 2.32. The monoisotopic (exact) mass is 197 g/mol. The second kappa shape index (κ2) is 5.15. The molecule has 3 nitrogen and oxygen atoms in total. The lowest BCUT2D eigenvalue weighted by atomic mass is 10.2. The van der Waals surface area contributed by atoms with Crippen molar-refractivity contribution in [1.29, 1.82) is 0 Å². The first-order chi connectivity index (χ1) is 6.63. The normalized spacial score (nSPS) is 15.9. The number of carbonyl (C=O) groups is 1. The van der Waals surface area contributed by atoms with Crippen LogP contribution in [0.4, 0.5) is 0 Å². The Kier molecular flexibility index (Phi) is 4.14. The first-order valence-corrected chi connectivity index (χ1v) is 5.27. The Morgan fingerprint density at radius 1 is 1.57 bits per heavy atom. The molecular weight excluding hydrogens is 178 g/mol. The van der Waals surface area contributed by atoms with E-state index in [1.54, 1.807) is 0 Å². The highest BCUT2D eigenvalue weighted by molar-refractivity contribution is 5.86. The van der Waals surface area contributed by atoms with E-state index in [0.29, 0.717) is 12.1 Å². The van der Waals surface area contributed by atoms with Crippen LogP contribution >= 0.6 is 0 Å². The maximum Gasteiger partial charge on any atom is 0.332 e. The maximum atomic E-state index is 10.6. The molecule has 1 saturated carbocycles. The third kappa shape index (κ3) is 3.92. The van der Waals surface area contributed by atoms with E-state index in [-0.39, 0.29) is 0 Å². The van der Waals surface area contributed by atoms with Crippen LogP contribution in [-0.2, 0) is 4.79 Å². The fourth-order valence-electron chi connectivity index (χ4n) is 1.55. The van der Waals surface area contributed by atoms with Crippen molar-refractivity contribution in [1.82, 2.24) is 4.90 Å². The van der Waals surface area contributed by atoms with E-state index in [2.05, 4.69) is 18.4 Å². The van der Waals surface area contributed by atoms with Crippen LogP contribution in [0.1, 0.15) is 26.2 Å². The quantitative estimate of drug-likeness (QED) is 0.632. The molecule has 1 aliphatic carbocycles. The number of hydrogen-bond donors (Lipinski definition) is 1. The lowest BCUT2D eigenvalue weighted by Crippen LogP contribution is -2.30. The van der Waals surface area contributed by atoms with Gasteiger partial charge in [-0.3, -0.25) is 4.90 Å². The lowest BCUT2D eigenvalue weighted by Gasteiger charge is -2.21. The van der Waals surface area contributed by atoms with Crippen LogP contribution in [0, 0.1) is 5.92 Å². The van der Waals surface area contributed by atoms with Crippen LogP contribution in [0.2, 0.25) is 0 Å². The molecule has 80 valence electrons. The van der Waals surface area contributed by atoms with E-state index in [9.17, 15) is 4.79 Å².